The van der Waals surface area contributed by atoms with Crippen LogP contribution in [0.4, 0.5) is 8.63 Å². The number of ether oxygens (including phenoxy) is 1. The molecule has 164 valence electrons. The molecule has 0 atom stereocenters. The summed E-state index contributed by atoms with van der Waals surface area (Å²) in [4.78, 5) is 0. The fraction of sp³-hybridized carbons (Fsp3) is 0.375. The zero-order valence-corrected chi connectivity index (χ0v) is 20.7. The molecule has 3 heterocycles. The largest absolute Gasteiger partial charge is 0.737 e. The lowest BCUT2D eigenvalue weighted by atomic mass is 9.83. The van der Waals surface area contributed by atoms with Gasteiger partial charge in [-0.1, -0.05) is 29.8 Å². The zero-order valence-electron chi connectivity index (χ0n) is 19.2. The number of rotatable bonds is 4. The average Bonchev–Trinajstić information content (AvgIpc) is 3.13. The average molecular weight is 489 g/mol. The SMILES string of the molecule is CCC1=C(C)C2=C(c3ccc(Br)cc3OC)c3c(C)c(CC)c(C)n3[B-](F)(F)[N+]2=C1C. The number of aromatic nitrogens is 1. The van der Waals surface area contributed by atoms with Gasteiger partial charge in [0.05, 0.1) is 12.7 Å². The van der Waals surface area contributed by atoms with Gasteiger partial charge in [-0.25, -0.2) is 0 Å². The molecule has 0 radical (unpaired) electrons. The summed E-state index contributed by atoms with van der Waals surface area (Å²) in [5.41, 5.74) is 7.96. The summed E-state index contributed by atoms with van der Waals surface area (Å²) < 4.78 is 41.7. The third-order valence-corrected chi connectivity index (χ3v) is 7.42. The van der Waals surface area contributed by atoms with Crippen LogP contribution in [0.25, 0.3) is 5.57 Å². The molecule has 31 heavy (non-hydrogen) atoms. The van der Waals surface area contributed by atoms with Crippen molar-refractivity contribution >= 4 is 34.2 Å². The van der Waals surface area contributed by atoms with Crippen molar-refractivity contribution in [1.29, 1.82) is 0 Å². The molecule has 2 aliphatic rings. The van der Waals surface area contributed by atoms with Crippen LogP contribution in [0, 0.1) is 13.8 Å². The second kappa shape index (κ2) is 7.47. The van der Waals surface area contributed by atoms with Crippen LogP contribution in [0.1, 0.15) is 62.2 Å². The van der Waals surface area contributed by atoms with Gasteiger partial charge in [-0.2, -0.15) is 0 Å². The van der Waals surface area contributed by atoms with Crippen LogP contribution in [0.15, 0.2) is 39.5 Å². The van der Waals surface area contributed by atoms with Gasteiger partial charge in [0, 0.05) is 33.8 Å². The van der Waals surface area contributed by atoms with Gasteiger partial charge in [0.1, 0.15) is 11.5 Å². The van der Waals surface area contributed by atoms with Crippen LogP contribution in [-0.4, -0.2) is 28.8 Å². The van der Waals surface area contributed by atoms with Gasteiger partial charge in [0.2, 0.25) is 0 Å². The Bertz CT molecular complexity index is 1220. The van der Waals surface area contributed by atoms with Crippen molar-refractivity contribution in [3.8, 4) is 5.75 Å². The third-order valence-electron chi connectivity index (χ3n) is 6.93. The van der Waals surface area contributed by atoms with E-state index in [1.165, 1.54) is 8.96 Å². The van der Waals surface area contributed by atoms with Crippen LogP contribution in [0.2, 0.25) is 0 Å². The normalized spacial score (nSPS) is 17.5. The first-order valence-corrected chi connectivity index (χ1v) is 11.6. The summed E-state index contributed by atoms with van der Waals surface area (Å²) in [5.74, 6) is 0.660. The van der Waals surface area contributed by atoms with Crippen LogP contribution in [-0.2, 0) is 6.42 Å². The Kier molecular flexibility index (Phi) is 5.32. The third kappa shape index (κ3) is 2.85. The molecule has 0 spiro atoms. The predicted octanol–water partition coefficient (Wildman–Crippen LogP) is 6.65. The highest BCUT2D eigenvalue weighted by atomic mass is 79.9. The molecule has 3 nitrogen and oxygen atoms in total. The lowest BCUT2D eigenvalue weighted by molar-refractivity contribution is -0.363. The smallest absolute Gasteiger partial charge is 0.496 e. The highest BCUT2D eigenvalue weighted by Gasteiger charge is 2.56. The van der Waals surface area contributed by atoms with E-state index in [0.29, 0.717) is 41.4 Å². The van der Waals surface area contributed by atoms with Crippen molar-refractivity contribution in [3.63, 3.8) is 0 Å². The van der Waals surface area contributed by atoms with Crippen molar-refractivity contribution in [2.45, 2.75) is 54.4 Å². The zero-order chi connectivity index (χ0) is 22.8. The monoisotopic (exact) mass is 488 g/mol. The second-order valence-corrected chi connectivity index (χ2v) is 9.25. The van der Waals surface area contributed by atoms with Gasteiger partial charge in [0.25, 0.3) is 0 Å². The maximum Gasteiger partial charge on any atom is 0.737 e. The molecule has 1 aromatic carbocycles. The number of halogens is 3. The molecule has 0 saturated carbocycles. The van der Waals surface area contributed by atoms with Crippen LogP contribution in [0.5, 0.6) is 5.75 Å². The molecule has 0 N–H and O–H groups in total. The molecule has 1 aromatic heterocycles. The fourth-order valence-corrected chi connectivity index (χ4v) is 5.95. The summed E-state index contributed by atoms with van der Waals surface area (Å²) in [5, 5.41) is 0. The van der Waals surface area contributed by atoms with Crippen LogP contribution < -0.4 is 4.74 Å². The molecule has 0 unspecified atom stereocenters. The van der Waals surface area contributed by atoms with E-state index in [9.17, 15) is 0 Å². The van der Waals surface area contributed by atoms with Crippen molar-refractivity contribution < 1.29 is 17.9 Å². The number of methoxy groups -OCH3 is 1. The van der Waals surface area contributed by atoms with Crippen molar-refractivity contribution in [3.05, 3.63) is 67.6 Å². The van der Waals surface area contributed by atoms with Crippen LogP contribution >= 0.6 is 15.9 Å². The number of hydrogen-bond acceptors (Lipinski definition) is 1. The number of allylic oxidation sites excluding steroid dienone is 2. The molecular weight excluding hydrogens is 461 g/mol. The molecule has 2 aliphatic heterocycles. The van der Waals surface area contributed by atoms with Crippen LogP contribution in [0.3, 0.4) is 0 Å². The first-order valence-electron chi connectivity index (χ1n) is 10.8. The maximum atomic E-state index is 16.2. The Morgan fingerprint density at radius 1 is 1.10 bits per heavy atom. The summed E-state index contributed by atoms with van der Waals surface area (Å²) in [7, 11) is 1.62. The summed E-state index contributed by atoms with van der Waals surface area (Å²) in [6.45, 7) is 7.61. The van der Waals surface area contributed by atoms with E-state index >= 15 is 8.63 Å². The number of hydrogen-bond donors (Lipinski definition) is 0. The van der Waals surface area contributed by atoms with E-state index in [1.54, 1.807) is 7.11 Å². The Labute approximate surface area is 191 Å². The molecule has 0 aliphatic carbocycles. The molecule has 0 saturated heterocycles. The lowest BCUT2D eigenvalue weighted by Crippen LogP contribution is -2.51. The topological polar surface area (TPSA) is 17.2 Å². The highest BCUT2D eigenvalue weighted by molar-refractivity contribution is 9.10. The highest BCUT2D eigenvalue weighted by Crippen LogP contribution is 2.48. The van der Waals surface area contributed by atoms with Gasteiger partial charge in [0.15, 0.2) is 5.70 Å². The minimum atomic E-state index is -4.02. The Hall–Kier alpha value is -2.15. The predicted molar refractivity (Wildman–Crippen MR) is 127 cm³/mol. The Morgan fingerprint density at radius 2 is 1.77 bits per heavy atom. The minimum absolute atomic E-state index is 0.607. The number of fused-ring (bicyclic) bond motifs is 2. The minimum Gasteiger partial charge on any atom is -0.496 e. The van der Waals surface area contributed by atoms with E-state index in [4.69, 9.17) is 4.74 Å². The quantitative estimate of drug-likeness (QED) is 0.440. The first kappa shape index (κ1) is 22.1. The Balaban J connectivity index is 2.25. The maximum absolute atomic E-state index is 16.2. The number of benzene rings is 1. The van der Waals surface area contributed by atoms with Crippen molar-refractivity contribution in [2.24, 2.45) is 0 Å². The van der Waals surface area contributed by atoms with Gasteiger partial charge in [-0.15, -0.1) is 0 Å². The molecule has 7 heteroatoms. The van der Waals surface area contributed by atoms with E-state index in [-0.39, 0.29) is 0 Å². The standard InChI is InChI=1S/C24H28BBrF2N2O/c1-8-18-13(3)23-22(20-11-10-17(26)12-21(20)31-7)24-14(4)19(9-2)16(6)30(24)25(27,28)29(23)15(18)5/h10-12H,8-9H2,1-7H3. The van der Waals surface area contributed by atoms with Gasteiger partial charge < -0.3 is 22.3 Å². The fourth-order valence-electron chi connectivity index (χ4n) is 5.60. The summed E-state index contributed by atoms with van der Waals surface area (Å²) in [6.07, 6.45) is 1.42. The molecule has 4 rings (SSSR count). The van der Waals surface area contributed by atoms with E-state index in [0.717, 1.165) is 37.9 Å². The first-order chi connectivity index (χ1) is 14.6. The molecule has 0 bridgehead atoms. The summed E-state index contributed by atoms with van der Waals surface area (Å²) in [6, 6.07) is 5.80. The van der Waals surface area contributed by atoms with E-state index < -0.39 is 6.97 Å². The van der Waals surface area contributed by atoms with Gasteiger partial charge in [-0.05, 0) is 68.6 Å². The number of nitrogens with zero attached hydrogens (tertiary/aromatic N) is 2. The Morgan fingerprint density at radius 3 is 2.35 bits per heavy atom. The van der Waals surface area contributed by atoms with E-state index in [1.807, 2.05) is 59.7 Å². The second-order valence-electron chi connectivity index (χ2n) is 8.33. The van der Waals surface area contributed by atoms with Crippen molar-refractivity contribution in [2.75, 3.05) is 7.11 Å². The lowest BCUT2D eigenvalue weighted by Gasteiger charge is -2.34. The van der Waals surface area contributed by atoms with Gasteiger partial charge >= 0.3 is 6.97 Å². The summed E-state index contributed by atoms with van der Waals surface area (Å²) >= 11 is 3.51. The molecule has 0 fully saturated rings. The van der Waals surface area contributed by atoms with E-state index in [2.05, 4.69) is 15.9 Å². The molecular formula is C24H28BBrF2N2O. The molecule has 2 aromatic rings. The van der Waals surface area contributed by atoms with Crippen molar-refractivity contribution in [1.82, 2.24) is 4.48 Å². The molecule has 0 amide bonds. The van der Waals surface area contributed by atoms with Gasteiger partial charge in [-0.3, -0.25) is 0 Å².